The van der Waals surface area contributed by atoms with E-state index in [2.05, 4.69) is 37.4 Å². The average Bonchev–Trinajstić information content (AvgIpc) is 2.42. The molecule has 0 aliphatic carbocycles. The quantitative estimate of drug-likeness (QED) is 0.894. The number of aryl methyl sites for hydroxylation is 2. The van der Waals surface area contributed by atoms with Gasteiger partial charge in [0.15, 0.2) is 0 Å². The summed E-state index contributed by atoms with van der Waals surface area (Å²) in [4.78, 5) is 13.9. The van der Waals surface area contributed by atoms with Gasteiger partial charge in [-0.05, 0) is 58.6 Å². The first-order valence-corrected chi connectivity index (χ1v) is 8.07. The monoisotopic (exact) mass is 304 g/mol. The fraction of sp³-hybridized carbons (Fsp3) is 0.611. The van der Waals surface area contributed by atoms with Crippen LogP contribution < -0.4 is 5.32 Å². The highest BCUT2D eigenvalue weighted by Crippen LogP contribution is 2.24. The highest BCUT2D eigenvalue weighted by molar-refractivity contribution is 5.68. The minimum Gasteiger partial charge on any atom is -0.444 e. The van der Waals surface area contributed by atoms with E-state index < -0.39 is 5.60 Å². The molecule has 0 radical (unpaired) electrons. The molecule has 1 amide bonds. The number of anilines is 1. The van der Waals surface area contributed by atoms with Crippen LogP contribution in [0, 0.1) is 13.8 Å². The largest absolute Gasteiger partial charge is 0.444 e. The van der Waals surface area contributed by atoms with Crippen LogP contribution in [0.2, 0.25) is 0 Å². The molecule has 0 aromatic heterocycles. The summed E-state index contributed by atoms with van der Waals surface area (Å²) >= 11 is 0. The van der Waals surface area contributed by atoms with E-state index in [-0.39, 0.29) is 6.09 Å². The second kappa shape index (κ2) is 6.59. The van der Waals surface area contributed by atoms with E-state index in [9.17, 15) is 4.79 Å². The smallest absolute Gasteiger partial charge is 0.410 e. The molecule has 1 N–H and O–H groups in total. The van der Waals surface area contributed by atoms with E-state index in [1.807, 2.05) is 25.7 Å². The SMILES string of the molecule is Cc1cccc(C)c1NC1CCN(C(=O)OC(C)(C)C)CC1. The van der Waals surface area contributed by atoms with E-state index in [1.54, 1.807) is 0 Å². The van der Waals surface area contributed by atoms with E-state index in [0.717, 1.165) is 25.9 Å². The molecule has 4 heteroatoms. The van der Waals surface area contributed by atoms with Gasteiger partial charge in [-0.3, -0.25) is 0 Å². The predicted octanol–water partition coefficient (Wildman–Crippen LogP) is 4.11. The lowest BCUT2D eigenvalue weighted by Gasteiger charge is -2.34. The lowest BCUT2D eigenvalue weighted by Crippen LogP contribution is -2.44. The molecule has 0 unspecified atom stereocenters. The third kappa shape index (κ3) is 4.39. The predicted molar refractivity (Wildman–Crippen MR) is 90.4 cm³/mol. The molecule has 122 valence electrons. The van der Waals surface area contributed by atoms with Crippen LogP contribution in [0.25, 0.3) is 0 Å². The highest BCUT2D eigenvalue weighted by Gasteiger charge is 2.27. The fourth-order valence-electron chi connectivity index (χ4n) is 2.78. The zero-order chi connectivity index (χ0) is 16.3. The zero-order valence-corrected chi connectivity index (χ0v) is 14.4. The second-order valence-electron chi connectivity index (χ2n) is 7.15. The molecule has 22 heavy (non-hydrogen) atoms. The lowest BCUT2D eigenvalue weighted by atomic mass is 10.0. The van der Waals surface area contributed by atoms with Crippen LogP contribution in [0.5, 0.6) is 0 Å². The molecule has 1 heterocycles. The number of amides is 1. The molecule has 2 rings (SSSR count). The molecule has 0 saturated carbocycles. The van der Waals surface area contributed by atoms with E-state index in [4.69, 9.17) is 4.74 Å². The van der Waals surface area contributed by atoms with Crippen molar-refractivity contribution in [3.8, 4) is 0 Å². The van der Waals surface area contributed by atoms with Crippen LogP contribution >= 0.6 is 0 Å². The molecule has 0 spiro atoms. The number of carbonyl (C=O) groups is 1. The van der Waals surface area contributed by atoms with E-state index in [0.29, 0.717) is 6.04 Å². The van der Waals surface area contributed by atoms with Gasteiger partial charge in [-0.25, -0.2) is 4.79 Å². The summed E-state index contributed by atoms with van der Waals surface area (Å²) < 4.78 is 5.44. The number of carbonyl (C=O) groups excluding carboxylic acids is 1. The Morgan fingerprint density at radius 1 is 1.18 bits per heavy atom. The Hall–Kier alpha value is -1.71. The maximum atomic E-state index is 12.1. The van der Waals surface area contributed by atoms with Crippen molar-refractivity contribution in [2.75, 3.05) is 18.4 Å². The molecule has 0 bridgehead atoms. The van der Waals surface area contributed by atoms with Crippen LogP contribution in [0.1, 0.15) is 44.7 Å². The van der Waals surface area contributed by atoms with Gasteiger partial charge in [0, 0.05) is 24.8 Å². The van der Waals surface area contributed by atoms with Crippen LogP contribution in [-0.4, -0.2) is 35.7 Å². The number of para-hydroxylation sites is 1. The van der Waals surface area contributed by atoms with Crippen molar-refractivity contribution in [3.63, 3.8) is 0 Å². The first-order chi connectivity index (χ1) is 10.3. The number of hydrogen-bond donors (Lipinski definition) is 1. The minimum atomic E-state index is -0.426. The normalized spacial score (nSPS) is 16.5. The number of hydrogen-bond acceptors (Lipinski definition) is 3. The van der Waals surface area contributed by atoms with Crippen LogP contribution in [0.3, 0.4) is 0 Å². The first kappa shape index (κ1) is 16.7. The summed E-state index contributed by atoms with van der Waals surface area (Å²) in [5.41, 5.74) is 3.35. The lowest BCUT2D eigenvalue weighted by molar-refractivity contribution is 0.0210. The summed E-state index contributed by atoms with van der Waals surface area (Å²) in [7, 11) is 0. The van der Waals surface area contributed by atoms with Crippen molar-refractivity contribution in [2.24, 2.45) is 0 Å². The highest BCUT2D eigenvalue weighted by atomic mass is 16.6. The van der Waals surface area contributed by atoms with Crippen molar-refractivity contribution in [1.82, 2.24) is 4.90 Å². The number of piperidine rings is 1. The number of rotatable bonds is 2. The third-order valence-electron chi connectivity index (χ3n) is 3.98. The van der Waals surface area contributed by atoms with E-state index >= 15 is 0 Å². The zero-order valence-electron chi connectivity index (χ0n) is 14.4. The Morgan fingerprint density at radius 2 is 1.73 bits per heavy atom. The van der Waals surface area contributed by atoms with Gasteiger partial charge in [0.05, 0.1) is 0 Å². The second-order valence-corrected chi connectivity index (χ2v) is 7.15. The molecule has 1 aliphatic heterocycles. The molecule has 1 saturated heterocycles. The minimum absolute atomic E-state index is 0.196. The standard InChI is InChI=1S/C18H28N2O2/c1-13-7-6-8-14(2)16(13)19-15-9-11-20(12-10-15)17(21)22-18(3,4)5/h6-8,15,19H,9-12H2,1-5H3. The van der Waals surface area contributed by atoms with Crippen LogP contribution in [-0.2, 0) is 4.74 Å². The van der Waals surface area contributed by atoms with Crippen molar-refractivity contribution >= 4 is 11.8 Å². The molecule has 1 aliphatic rings. The number of nitrogens with zero attached hydrogens (tertiary/aromatic N) is 1. The molecular formula is C18H28N2O2. The van der Waals surface area contributed by atoms with Gasteiger partial charge in [-0.1, -0.05) is 18.2 Å². The van der Waals surface area contributed by atoms with Gasteiger partial charge in [0.1, 0.15) is 5.60 Å². The summed E-state index contributed by atoms with van der Waals surface area (Å²) in [6.07, 6.45) is 1.71. The van der Waals surface area contributed by atoms with Crippen LogP contribution in [0.4, 0.5) is 10.5 Å². The van der Waals surface area contributed by atoms with Crippen molar-refractivity contribution < 1.29 is 9.53 Å². The Labute approximate surface area is 133 Å². The van der Waals surface area contributed by atoms with Crippen molar-refractivity contribution in [3.05, 3.63) is 29.3 Å². The van der Waals surface area contributed by atoms with Gasteiger partial charge < -0.3 is 15.0 Å². The summed E-state index contributed by atoms with van der Waals surface area (Å²) in [5, 5.41) is 3.65. The van der Waals surface area contributed by atoms with Gasteiger partial charge >= 0.3 is 6.09 Å². The van der Waals surface area contributed by atoms with Gasteiger partial charge in [-0.15, -0.1) is 0 Å². The number of benzene rings is 1. The number of ether oxygens (including phenoxy) is 1. The van der Waals surface area contributed by atoms with Crippen molar-refractivity contribution in [2.45, 2.75) is 59.1 Å². The first-order valence-electron chi connectivity index (χ1n) is 8.07. The molecule has 0 atom stereocenters. The molecule has 1 aromatic carbocycles. The Bertz CT molecular complexity index is 506. The topological polar surface area (TPSA) is 41.6 Å². The molecule has 4 nitrogen and oxygen atoms in total. The molecule has 1 fully saturated rings. The van der Waals surface area contributed by atoms with Gasteiger partial charge in [-0.2, -0.15) is 0 Å². The summed E-state index contributed by atoms with van der Waals surface area (Å²) in [5.74, 6) is 0. The molecule has 1 aromatic rings. The Balaban J connectivity index is 1.89. The Kier molecular flexibility index (Phi) is 4.99. The van der Waals surface area contributed by atoms with Gasteiger partial charge in [0.2, 0.25) is 0 Å². The van der Waals surface area contributed by atoms with Crippen molar-refractivity contribution in [1.29, 1.82) is 0 Å². The maximum absolute atomic E-state index is 12.1. The molecular weight excluding hydrogens is 276 g/mol. The Morgan fingerprint density at radius 3 is 2.23 bits per heavy atom. The van der Waals surface area contributed by atoms with Crippen LogP contribution in [0.15, 0.2) is 18.2 Å². The third-order valence-corrected chi connectivity index (χ3v) is 3.98. The van der Waals surface area contributed by atoms with E-state index in [1.165, 1.54) is 16.8 Å². The average molecular weight is 304 g/mol. The van der Waals surface area contributed by atoms with Gasteiger partial charge in [0.25, 0.3) is 0 Å². The fourth-order valence-corrected chi connectivity index (χ4v) is 2.78. The maximum Gasteiger partial charge on any atom is 0.410 e. The summed E-state index contributed by atoms with van der Waals surface area (Å²) in [6, 6.07) is 6.76. The number of nitrogens with one attached hydrogen (secondary N) is 1. The number of likely N-dealkylation sites (tertiary alicyclic amines) is 1. The summed E-state index contributed by atoms with van der Waals surface area (Å²) in [6.45, 7) is 11.5.